The highest BCUT2D eigenvalue weighted by Crippen LogP contribution is 2.31. The van der Waals surface area contributed by atoms with Gasteiger partial charge in [0.15, 0.2) is 0 Å². The van der Waals surface area contributed by atoms with Crippen molar-refractivity contribution < 1.29 is 4.79 Å². The number of nitrogens with two attached hydrogens (primary N) is 1. The highest BCUT2D eigenvalue weighted by atomic mass is 16.1. The van der Waals surface area contributed by atoms with E-state index in [0.717, 1.165) is 19.4 Å². The summed E-state index contributed by atoms with van der Waals surface area (Å²) in [5, 5.41) is 8.70. The van der Waals surface area contributed by atoms with Crippen LogP contribution in [0.15, 0.2) is 0 Å². The Balaban J connectivity index is 2.62. The number of likely N-dealkylation sites (tertiary alicyclic amines) is 1. The second kappa shape index (κ2) is 4.63. The Hall–Kier alpha value is -1.08. The maximum absolute atomic E-state index is 11.3. The molecule has 4 nitrogen and oxygen atoms in total. The van der Waals surface area contributed by atoms with E-state index in [2.05, 4.69) is 17.9 Å². The van der Waals surface area contributed by atoms with Gasteiger partial charge < -0.3 is 5.73 Å². The largest absolute Gasteiger partial charge is 0.369 e. The third-order valence-electron chi connectivity index (χ3n) is 3.41. The molecule has 0 aromatic heterocycles. The number of amides is 1. The number of hydrogen-bond acceptors (Lipinski definition) is 3. The molecule has 0 spiro atoms. The number of nitrogens with zero attached hydrogens (tertiary/aromatic N) is 2. The molecule has 2 N–H and O–H groups in total. The topological polar surface area (TPSA) is 70.1 Å². The van der Waals surface area contributed by atoms with Crippen LogP contribution in [0.1, 0.15) is 33.1 Å². The van der Waals surface area contributed by atoms with E-state index in [0.29, 0.717) is 13.0 Å². The molecule has 0 saturated carbocycles. The van der Waals surface area contributed by atoms with E-state index in [1.807, 2.05) is 6.92 Å². The lowest BCUT2D eigenvalue weighted by molar-refractivity contribution is -0.126. The van der Waals surface area contributed by atoms with Crippen LogP contribution in [0.4, 0.5) is 0 Å². The Labute approximate surface area is 91.0 Å². The summed E-state index contributed by atoms with van der Waals surface area (Å²) in [6, 6.07) is 2.47. The molecule has 0 aliphatic carbocycles. The second-order valence-corrected chi connectivity index (χ2v) is 4.57. The summed E-state index contributed by atoms with van der Waals surface area (Å²) in [5.74, 6) is -0.225. The Bertz CT molecular complexity index is 284. The number of rotatable bonds is 4. The second-order valence-electron chi connectivity index (χ2n) is 4.57. The highest BCUT2D eigenvalue weighted by Gasteiger charge is 2.40. The van der Waals surface area contributed by atoms with Gasteiger partial charge in [-0.1, -0.05) is 6.92 Å². The molecule has 1 heterocycles. The minimum Gasteiger partial charge on any atom is -0.369 e. The first kappa shape index (κ1) is 12.0. The van der Waals surface area contributed by atoms with Gasteiger partial charge in [-0.3, -0.25) is 9.69 Å². The molecular formula is C11H19N3O. The number of nitriles is 1. The molecule has 1 fully saturated rings. The third-order valence-corrected chi connectivity index (χ3v) is 3.41. The average Bonchev–Trinajstić information content (AvgIpc) is 2.59. The van der Waals surface area contributed by atoms with Crippen LogP contribution in [-0.2, 0) is 4.79 Å². The molecular weight excluding hydrogens is 190 g/mol. The van der Waals surface area contributed by atoms with Crippen molar-refractivity contribution >= 4 is 5.91 Å². The third kappa shape index (κ3) is 2.48. The molecule has 2 atom stereocenters. The fourth-order valence-corrected chi connectivity index (χ4v) is 2.15. The van der Waals surface area contributed by atoms with Crippen molar-refractivity contribution in [1.29, 1.82) is 5.26 Å². The lowest BCUT2D eigenvalue weighted by Gasteiger charge is -2.26. The minimum absolute atomic E-state index is 0.225. The molecule has 84 valence electrons. The zero-order valence-electron chi connectivity index (χ0n) is 9.49. The smallest absolute Gasteiger partial charge is 0.224 e. The summed E-state index contributed by atoms with van der Waals surface area (Å²) >= 11 is 0. The molecule has 1 saturated heterocycles. The lowest BCUT2D eigenvalue weighted by Crippen LogP contribution is -2.40. The molecule has 0 aromatic carbocycles. The van der Waals surface area contributed by atoms with Gasteiger partial charge >= 0.3 is 0 Å². The van der Waals surface area contributed by atoms with E-state index in [4.69, 9.17) is 11.0 Å². The average molecular weight is 209 g/mol. The van der Waals surface area contributed by atoms with Crippen LogP contribution < -0.4 is 5.73 Å². The van der Waals surface area contributed by atoms with E-state index in [-0.39, 0.29) is 11.9 Å². The number of hydrogen-bond donors (Lipinski definition) is 1. The van der Waals surface area contributed by atoms with Gasteiger partial charge in [-0.15, -0.1) is 0 Å². The molecule has 2 unspecified atom stereocenters. The molecule has 0 radical (unpaired) electrons. The predicted molar refractivity (Wildman–Crippen MR) is 57.8 cm³/mol. The lowest BCUT2D eigenvalue weighted by atomic mass is 9.89. The summed E-state index contributed by atoms with van der Waals surface area (Å²) < 4.78 is 0. The van der Waals surface area contributed by atoms with Gasteiger partial charge in [0.25, 0.3) is 0 Å². The van der Waals surface area contributed by atoms with Crippen molar-refractivity contribution in [3.63, 3.8) is 0 Å². The molecule has 1 rings (SSSR count). The van der Waals surface area contributed by atoms with Crippen molar-refractivity contribution in [3.8, 4) is 6.07 Å². The zero-order valence-corrected chi connectivity index (χ0v) is 9.49. The van der Waals surface area contributed by atoms with Crippen molar-refractivity contribution in [3.05, 3.63) is 0 Å². The normalized spacial score (nSPS) is 28.6. The van der Waals surface area contributed by atoms with E-state index < -0.39 is 5.41 Å². The Kier molecular flexibility index (Phi) is 3.70. The van der Waals surface area contributed by atoms with Crippen LogP contribution in [0, 0.1) is 16.7 Å². The van der Waals surface area contributed by atoms with Crippen molar-refractivity contribution in [2.24, 2.45) is 11.1 Å². The Morgan fingerprint density at radius 2 is 2.40 bits per heavy atom. The number of primary amides is 1. The van der Waals surface area contributed by atoms with Gasteiger partial charge in [-0.25, -0.2) is 0 Å². The summed E-state index contributed by atoms with van der Waals surface area (Å²) in [4.78, 5) is 13.5. The van der Waals surface area contributed by atoms with Gasteiger partial charge in [0.1, 0.15) is 0 Å². The summed E-state index contributed by atoms with van der Waals surface area (Å²) in [6.07, 6.45) is 2.29. The van der Waals surface area contributed by atoms with Gasteiger partial charge in [-0.2, -0.15) is 5.26 Å². The van der Waals surface area contributed by atoms with Crippen LogP contribution in [0.5, 0.6) is 0 Å². The first-order chi connectivity index (χ1) is 7.03. The zero-order chi connectivity index (χ0) is 11.5. The van der Waals surface area contributed by atoms with Crippen LogP contribution in [0.25, 0.3) is 0 Å². The van der Waals surface area contributed by atoms with E-state index in [1.165, 1.54) is 0 Å². The molecule has 1 aliphatic rings. The number of carbonyl (C=O) groups is 1. The van der Waals surface area contributed by atoms with Gasteiger partial charge in [0, 0.05) is 12.6 Å². The molecule has 1 aliphatic heterocycles. The van der Waals surface area contributed by atoms with Gasteiger partial charge in [0.2, 0.25) is 5.91 Å². The highest BCUT2D eigenvalue weighted by molar-refractivity contribution is 5.81. The summed E-state index contributed by atoms with van der Waals surface area (Å²) in [7, 11) is 0. The molecule has 4 heteroatoms. The monoisotopic (exact) mass is 209 g/mol. The van der Waals surface area contributed by atoms with Crippen molar-refractivity contribution in [2.75, 3.05) is 13.1 Å². The maximum Gasteiger partial charge on any atom is 0.224 e. The van der Waals surface area contributed by atoms with Crippen molar-refractivity contribution in [1.82, 2.24) is 4.90 Å². The van der Waals surface area contributed by atoms with Crippen LogP contribution >= 0.6 is 0 Å². The van der Waals surface area contributed by atoms with Gasteiger partial charge in [-0.05, 0) is 26.3 Å². The number of carbonyl (C=O) groups excluding carboxylic acids is 1. The fourth-order valence-electron chi connectivity index (χ4n) is 2.15. The van der Waals surface area contributed by atoms with Gasteiger partial charge in [0.05, 0.1) is 17.9 Å². The first-order valence-corrected chi connectivity index (χ1v) is 5.44. The van der Waals surface area contributed by atoms with Crippen LogP contribution in [-0.4, -0.2) is 29.9 Å². The fraction of sp³-hybridized carbons (Fsp3) is 0.818. The van der Waals surface area contributed by atoms with E-state index in [1.54, 1.807) is 0 Å². The van der Waals surface area contributed by atoms with Crippen LogP contribution in [0.2, 0.25) is 0 Å². The van der Waals surface area contributed by atoms with Crippen LogP contribution in [0.3, 0.4) is 0 Å². The SMILES string of the molecule is CCC(CC#N)N1CCC(C)(C(N)=O)C1. The predicted octanol–water partition coefficient (Wildman–Crippen LogP) is 0.876. The standard InChI is InChI=1S/C11H19N3O/c1-3-9(4-6-12)14-7-5-11(2,8-14)10(13)15/h9H,3-5,7-8H2,1-2H3,(H2,13,15). The Morgan fingerprint density at radius 3 is 2.80 bits per heavy atom. The molecule has 1 amide bonds. The summed E-state index contributed by atoms with van der Waals surface area (Å²) in [5.41, 5.74) is 4.98. The molecule has 0 aromatic rings. The molecule has 15 heavy (non-hydrogen) atoms. The summed E-state index contributed by atoms with van der Waals surface area (Å²) in [6.45, 7) is 5.55. The van der Waals surface area contributed by atoms with E-state index in [9.17, 15) is 4.79 Å². The van der Waals surface area contributed by atoms with E-state index >= 15 is 0 Å². The maximum atomic E-state index is 11.3. The Morgan fingerprint density at radius 1 is 1.73 bits per heavy atom. The quantitative estimate of drug-likeness (QED) is 0.747. The van der Waals surface area contributed by atoms with Crippen molar-refractivity contribution in [2.45, 2.75) is 39.2 Å². The molecule has 0 bridgehead atoms. The first-order valence-electron chi connectivity index (χ1n) is 5.44. The minimum atomic E-state index is -0.400.